The molecular weight excluding hydrogens is 325 g/mol. The maximum Gasteiger partial charge on any atom is 0.401 e. The normalized spacial score (nSPS) is 30.0. The average molecular weight is 352 g/mol. The molecular formula is C15H27F3N4S. The van der Waals surface area contributed by atoms with Crippen molar-refractivity contribution in [2.45, 2.75) is 50.1 Å². The minimum Gasteiger partial charge on any atom is -0.357 e. The first-order valence-electron chi connectivity index (χ1n) is 8.27. The van der Waals surface area contributed by atoms with Crippen molar-refractivity contribution in [1.29, 1.82) is 0 Å². The Morgan fingerprint density at radius 2 is 2.22 bits per heavy atom. The number of hydrogen-bond acceptors (Lipinski definition) is 3. The maximum absolute atomic E-state index is 12.5. The van der Waals surface area contributed by atoms with E-state index in [9.17, 15) is 13.2 Å². The van der Waals surface area contributed by atoms with Crippen LogP contribution >= 0.6 is 11.8 Å². The lowest BCUT2D eigenvalue weighted by atomic mass is 10.1. The van der Waals surface area contributed by atoms with Crippen LogP contribution in [0.25, 0.3) is 0 Å². The molecule has 134 valence electrons. The summed E-state index contributed by atoms with van der Waals surface area (Å²) in [6, 6.07) is 0.0270. The summed E-state index contributed by atoms with van der Waals surface area (Å²) in [5.41, 5.74) is 0. The highest BCUT2D eigenvalue weighted by molar-refractivity contribution is 8.00. The van der Waals surface area contributed by atoms with Crippen LogP contribution in [0.2, 0.25) is 0 Å². The molecule has 0 aromatic rings. The van der Waals surface area contributed by atoms with E-state index in [-0.39, 0.29) is 10.8 Å². The molecule has 2 rings (SSSR count). The number of nitrogens with zero attached hydrogens (tertiary/aromatic N) is 2. The largest absolute Gasteiger partial charge is 0.401 e. The van der Waals surface area contributed by atoms with E-state index < -0.39 is 12.7 Å². The van der Waals surface area contributed by atoms with Crippen molar-refractivity contribution in [1.82, 2.24) is 15.5 Å². The summed E-state index contributed by atoms with van der Waals surface area (Å²) in [7, 11) is 0. The first-order chi connectivity index (χ1) is 10.8. The lowest BCUT2D eigenvalue weighted by molar-refractivity contribution is -0.143. The Bertz CT molecular complexity index is 408. The first-order valence-corrected chi connectivity index (χ1v) is 9.26. The molecule has 8 heteroatoms. The number of nitrogens with one attached hydrogen (secondary N) is 2. The van der Waals surface area contributed by atoms with Crippen LogP contribution in [-0.4, -0.2) is 66.3 Å². The van der Waals surface area contributed by atoms with Gasteiger partial charge in [-0.25, -0.2) is 0 Å². The predicted octanol–water partition coefficient (Wildman–Crippen LogP) is 2.46. The minimum absolute atomic E-state index is 0.0270. The smallest absolute Gasteiger partial charge is 0.357 e. The van der Waals surface area contributed by atoms with Gasteiger partial charge in [0.05, 0.1) is 13.1 Å². The number of likely N-dealkylation sites (tertiary alicyclic amines) is 1. The van der Waals surface area contributed by atoms with Gasteiger partial charge in [0.1, 0.15) is 0 Å². The molecule has 2 aliphatic rings. The van der Waals surface area contributed by atoms with Crippen molar-refractivity contribution in [2.24, 2.45) is 4.99 Å². The summed E-state index contributed by atoms with van der Waals surface area (Å²) in [6.07, 6.45) is -1.01. The van der Waals surface area contributed by atoms with Gasteiger partial charge in [0, 0.05) is 30.4 Å². The molecule has 2 aliphatic heterocycles. The number of rotatable bonds is 5. The summed E-state index contributed by atoms with van der Waals surface area (Å²) in [5, 5.41) is 6.50. The molecule has 0 spiro atoms. The summed E-state index contributed by atoms with van der Waals surface area (Å²) in [4.78, 5) is 6.12. The van der Waals surface area contributed by atoms with Gasteiger partial charge < -0.3 is 10.6 Å². The maximum atomic E-state index is 12.5. The zero-order valence-electron chi connectivity index (χ0n) is 13.9. The van der Waals surface area contributed by atoms with Crippen LogP contribution in [0, 0.1) is 0 Å². The summed E-state index contributed by atoms with van der Waals surface area (Å²) < 4.78 is 37.6. The van der Waals surface area contributed by atoms with Crippen LogP contribution in [0.5, 0.6) is 0 Å². The van der Waals surface area contributed by atoms with Gasteiger partial charge in [0.2, 0.25) is 0 Å². The lowest BCUT2D eigenvalue weighted by Crippen LogP contribution is -2.45. The van der Waals surface area contributed by atoms with Crippen LogP contribution in [0.1, 0.15) is 33.1 Å². The van der Waals surface area contributed by atoms with Gasteiger partial charge in [0.15, 0.2) is 5.96 Å². The number of guanidine groups is 1. The number of alkyl halides is 3. The highest BCUT2D eigenvalue weighted by Crippen LogP contribution is 2.37. The Kier molecular flexibility index (Phi) is 6.48. The summed E-state index contributed by atoms with van der Waals surface area (Å²) >= 11 is 1.96. The van der Waals surface area contributed by atoms with Crippen molar-refractivity contribution in [3.63, 3.8) is 0 Å². The Labute approximate surface area is 140 Å². The first kappa shape index (κ1) is 18.7. The summed E-state index contributed by atoms with van der Waals surface area (Å²) in [6.45, 7) is 5.78. The highest BCUT2D eigenvalue weighted by Gasteiger charge is 2.34. The van der Waals surface area contributed by atoms with Crippen molar-refractivity contribution in [2.75, 3.05) is 38.5 Å². The number of hydrogen-bond donors (Lipinski definition) is 2. The molecule has 0 amide bonds. The minimum atomic E-state index is -4.12. The monoisotopic (exact) mass is 352 g/mol. The van der Waals surface area contributed by atoms with Gasteiger partial charge in [-0.15, -0.1) is 0 Å². The molecule has 23 heavy (non-hydrogen) atoms. The third-order valence-electron chi connectivity index (χ3n) is 4.23. The zero-order chi connectivity index (χ0) is 16.9. The van der Waals surface area contributed by atoms with E-state index in [1.54, 1.807) is 0 Å². The molecule has 0 saturated carbocycles. The predicted molar refractivity (Wildman–Crippen MR) is 90.1 cm³/mol. The van der Waals surface area contributed by atoms with Gasteiger partial charge in [-0.1, -0.05) is 0 Å². The van der Waals surface area contributed by atoms with Gasteiger partial charge in [-0.2, -0.15) is 24.9 Å². The molecule has 2 fully saturated rings. The number of halogens is 3. The second-order valence-electron chi connectivity index (χ2n) is 6.58. The molecule has 4 nitrogen and oxygen atoms in total. The fraction of sp³-hybridized carbons (Fsp3) is 0.933. The zero-order valence-corrected chi connectivity index (χ0v) is 14.7. The van der Waals surface area contributed by atoms with Crippen LogP contribution in [0.4, 0.5) is 13.2 Å². The molecule has 0 aromatic carbocycles. The molecule has 0 aliphatic carbocycles. The molecule has 2 N–H and O–H groups in total. The SMILES string of the molecule is CCNC(=NCC1(C)CCCS1)NC1CCN(CC(F)(F)F)C1. The van der Waals surface area contributed by atoms with Crippen LogP contribution in [-0.2, 0) is 0 Å². The second-order valence-corrected chi connectivity index (χ2v) is 8.26. The molecule has 0 bridgehead atoms. The van der Waals surface area contributed by atoms with E-state index in [1.807, 2.05) is 18.7 Å². The third kappa shape index (κ3) is 6.41. The van der Waals surface area contributed by atoms with Crippen LogP contribution in [0.3, 0.4) is 0 Å². The van der Waals surface area contributed by atoms with Crippen molar-refractivity contribution in [3.05, 3.63) is 0 Å². The van der Waals surface area contributed by atoms with Crippen molar-refractivity contribution >= 4 is 17.7 Å². The second kappa shape index (κ2) is 7.96. The Balaban J connectivity index is 1.84. The van der Waals surface area contributed by atoms with Gasteiger partial charge in [-0.3, -0.25) is 9.89 Å². The fourth-order valence-electron chi connectivity index (χ4n) is 3.07. The van der Waals surface area contributed by atoms with E-state index in [1.165, 1.54) is 23.5 Å². The molecule has 2 atom stereocenters. The summed E-state index contributed by atoms with van der Waals surface area (Å²) in [5.74, 6) is 1.91. The molecule has 0 radical (unpaired) electrons. The van der Waals surface area contributed by atoms with Gasteiger partial charge >= 0.3 is 6.18 Å². The fourth-order valence-corrected chi connectivity index (χ4v) is 4.29. The molecule has 2 heterocycles. The van der Waals surface area contributed by atoms with E-state index in [2.05, 4.69) is 22.5 Å². The Morgan fingerprint density at radius 1 is 1.43 bits per heavy atom. The quantitative estimate of drug-likeness (QED) is 0.589. The number of thioether (sulfide) groups is 1. The van der Waals surface area contributed by atoms with Crippen LogP contribution in [0.15, 0.2) is 4.99 Å². The molecule has 0 aromatic heterocycles. The van der Waals surface area contributed by atoms with E-state index in [0.717, 1.165) is 19.0 Å². The van der Waals surface area contributed by atoms with E-state index in [4.69, 9.17) is 0 Å². The topological polar surface area (TPSA) is 39.7 Å². The van der Waals surface area contributed by atoms with Gasteiger partial charge in [-0.05, 0) is 38.9 Å². The lowest BCUT2D eigenvalue weighted by Gasteiger charge is -2.23. The third-order valence-corrected chi connectivity index (χ3v) is 5.76. The standard InChI is InChI=1S/C15H27F3N4S/c1-3-19-13(20-10-14(2)6-4-8-23-14)21-12-5-7-22(9-12)11-15(16,17)18/h12H,3-11H2,1-2H3,(H2,19,20,21). The van der Waals surface area contributed by atoms with E-state index in [0.29, 0.717) is 19.5 Å². The van der Waals surface area contributed by atoms with Crippen molar-refractivity contribution in [3.8, 4) is 0 Å². The van der Waals surface area contributed by atoms with Crippen LogP contribution < -0.4 is 10.6 Å². The van der Waals surface area contributed by atoms with E-state index >= 15 is 0 Å². The van der Waals surface area contributed by atoms with Crippen molar-refractivity contribution < 1.29 is 13.2 Å². The molecule has 2 unspecified atom stereocenters. The average Bonchev–Trinajstić information content (AvgIpc) is 3.05. The number of aliphatic imine (C=N–C) groups is 1. The Morgan fingerprint density at radius 3 is 2.83 bits per heavy atom. The highest BCUT2D eigenvalue weighted by atomic mass is 32.2. The molecule has 2 saturated heterocycles. The Hall–Kier alpha value is -0.630. The van der Waals surface area contributed by atoms with Gasteiger partial charge in [0.25, 0.3) is 0 Å².